The first kappa shape index (κ1) is 50.0. The lowest BCUT2D eigenvalue weighted by molar-refractivity contribution is 0.160. The molecule has 0 amide bonds. The van der Waals surface area contributed by atoms with Crippen molar-refractivity contribution in [2.45, 2.75) is 123 Å². The molecule has 0 radical (unpaired) electrons. The fourth-order valence-electron chi connectivity index (χ4n) is 10.6. The van der Waals surface area contributed by atoms with Gasteiger partial charge >= 0.3 is 0 Å². The van der Waals surface area contributed by atoms with E-state index < -0.39 is 0 Å². The van der Waals surface area contributed by atoms with E-state index in [2.05, 4.69) is 213 Å². The number of rotatable bonds is 3. The Hall–Kier alpha value is -5.42. The summed E-state index contributed by atoms with van der Waals surface area (Å²) in [6.45, 7) is 21.2. The van der Waals surface area contributed by atoms with Crippen molar-refractivity contribution in [3.63, 3.8) is 0 Å². The van der Waals surface area contributed by atoms with Crippen molar-refractivity contribution in [2.24, 2.45) is 0 Å². The van der Waals surface area contributed by atoms with Crippen LogP contribution in [-0.4, -0.2) is 66.1 Å². The van der Waals surface area contributed by atoms with Crippen molar-refractivity contribution in [1.29, 1.82) is 0 Å². The lowest BCUT2D eigenvalue weighted by Gasteiger charge is -2.39. The van der Waals surface area contributed by atoms with E-state index in [1.54, 1.807) is 0 Å². The summed E-state index contributed by atoms with van der Waals surface area (Å²) in [5.41, 5.74) is 14.7. The zero-order valence-corrected chi connectivity index (χ0v) is 40.9. The Kier molecular flexibility index (Phi) is 18.9. The largest absolute Gasteiger partial charge is 0.310 e. The lowest BCUT2D eigenvalue weighted by atomic mass is 9.89. The maximum atomic E-state index is 5.41. The Balaban J connectivity index is 0.000000137. The molecule has 0 spiro atoms. The van der Waals surface area contributed by atoms with E-state index in [9.17, 15) is 0 Å². The molecule has 2 N–H and O–H groups in total. The Bertz CT molecular complexity index is 2300. The number of benzene rings is 5. The third-order valence-corrected chi connectivity index (χ3v) is 14.5. The van der Waals surface area contributed by atoms with Gasteiger partial charge in [-0.3, -0.25) is 14.7 Å². The maximum absolute atomic E-state index is 5.41. The molecule has 5 aliphatic rings. The van der Waals surface area contributed by atoms with Crippen molar-refractivity contribution >= 4 is 0 Å². The molecule has 5 aliphatic heterocycles. The molecule has 5 heteroatoms. The molecule has 0 aliphatic carbocycles. The monoisotopic (exact) mass is 878 g/mol. The van der Waals surface area contributed by atoms with E-state index in [0.717, 1.165) is 58.5 Å². The third-order valence-electron chi connectivity index (χ3n) is 14.5. The molecule has 5 aromatic rings. The third kappa shape index (κ3) is 12.7. The van der Waals surface area contributed by atoms with Gasteiger partial charge in [0.1, 0.15) is 0 Å². The van der Waals surface area contributed by atoms with Crippen molar-refractivity contribution in [3.05, 3.63) is 177 Å². The van der Waals surface area contributed by atoms with Gasteiger partial charge in [0.25, 0.3) is 0 Å². The van der Waals surface area contributed by atoms with Gasteiger partial charge in [-0.2, -0.15) is 0 Å². The van der Waals surface area contributed by atoms with Gasteiger partial charge in [-0.25, -0.2) is 0 Å². The summed E-state index contributed by atoms with van der Waals surface area (Å²) >= 11 is 0. The number of nitrogens with one attached hydrogen (secondary N) is 2. The van der Waals surface area contributed by atoms with Gasteiger partial charge in [0.2, 0.25) is 0 Å². The van der Waals surface area contributed by atoms with Gasteiger partial charge in [0, 0.05) is 48.8 Å². The predicted molar refractivity (Wildman–Crippen MR) is 279 cm³/mol. The second-order valence-corrected chi connectivity index (χ2v) is 18.7. The van der Waals surface area contributed by atoms with Gasteiger partial charge in [-0.1, -0.05) is 139 Å². The molecule has 0 saturated heterocycles. The average molecular weight is 878 g/mol. The topological polar surface area (TPSA) is 33.8 Å². The van der Waals surface area contributed by atoms with Crippen molar-refractivity contribution in [1.82, 2.24) is 25.3 Å². The minimum atomic E-state index is 0.445. The van der Waals surface area contributed by atoms with Crippen molar-refractivity contribution < 1.29 is 0 Å². The van der Waals surface area contributed by atoms with Gasteiger partial charge in [-0.15, -0.1) is 19.3 Å². The lowest BCUT2D eigenvalue weighted by Crippen LogP contribution is -2.41. The highest BCUT2D eigenvalue weighted by molar-refractivity contribution is 5.36. The number of terminal acetylenes is 3. The predicted octanol–water partition coefficient (Wildman–Crippen LogP) is 11.3. The molecule has 7 atom stereocenters. The van der Waals surface area contributed by atoms with Crippen LogP contribution >= 0.6 is 0 Å². The van der Waals surface area contributed by atoms with Gasteiger partial charge in [0.15, 0.2) is 0 Å². The molecule has 10 rings (SSSR count). The Morgan fingerprint density at radius 3 is 1.14 bits per heavy atom. The van der Waals surface area contributed by atoms with Crippen LogP contribution in [-0.2, 0) is 32.1 Å². The number of hydrogen-bond acceptors (Lipinski definition) is 5. The summed E-state index contributed by atoms with van der Waals surface area (Å²) in [4.78, 5) is 7.13. The van der Waals surface area contributed by atoms with E-state index >= 15 is 0 Å². The molecule has 66 heavy (non-hydrogen) atoms. The normalized spacial score (nSPS) is 23.8. The minimum Gasteiger partial charge on any atom is -0.310 e. The van der Waals surface area contributed by atoms with Crippen LogP contribution in [0, 0.1) is 37.0 Å². The van der Waals surface area contributed by atoms with E-state index in [-0.39, 0.29) is 0 Å². The highest BCUT2D eigenvalue weighted by atomic mass is 15.2. The molecular formula is C61H75N5. The summed E-state index contributed by atoms with van der Waals surface area (Å²) in [6, 6.07) is 46.9. The molecule has 0 aromatic heterocycles. The first-order valence-corrected chi connectivity index (χ1v) is 24.5. The van der Waals surface area contributed by atoms with Crippen molar-refractivity contribution in [3.8, 4) is 37.0 Å². The van der Waals surface area contributed by atoms with Crippen LogP contribution in [0.5, 0.6) is 0 Å². The van der Waals surface area contributed by atoms with Gasteiger partial charge in [-0.05, 0) is 149 Å². The molecule has 0 saturated carbocycles. The Labute approximate surface area is 399 Å². The molecule has 0 fully saturated rings. The average Bonchev–Trinajstić information content (AvgIpc) is 3.34. The maximum Gasteiger partial charge on any atom is 0.0606 e. The zero-order chi connectivity index (χ0) is 47.0. The Morgan fingerprint density at radius 1 is 0.424 bits per heavy atom. The summed E-state index contributed by atoms with van der Waals surface area (Å²) in [5, 5.41) is 6.88. The standard InChI is InChI=1S/2C14H17N.C13H15N.2C10H13N/c2*1-4-9-15-11(2)10-13-7-5-6-8-14(13)12(15)3;1-3-9-14-10-8-12-6-4-5-7-13(12)11(14)2;2*1-8-10-5-3-2-4-9(10)6-7-11-8/h2*1,5-8,11-12H,9-10H2,2-3H3;1,4-7,11H,8-10H2,2H3;2*2-5,8,11H,6-7H2,1H3/t2*11-,12-;11-;8-;/m1010./s1. The number of nitrogens with zero attached hydrogens (tertiary/aromatic N) is 3. The summed E-state index contributed by atoms with van der Waals surface area (Å²) in [7, 11) is 0. The molecule has 5 heterocycles. The number of fused-ring (bicyclic) bond motifs is 5. The zero-order valence-electron chi connectivity index (χ0n) is 40.9. The fraction of sp³-hybridized carbons (Fsp3) is 0.410. The molecule has 5 aromatic carbocycles. The molecule has 0 bridgehead atoms. The van der Waals surface area contributed by atoms with Crippen LogP contribution < -0.4 is 10.6 Å². The van der Waals surface area contributed by atoms with Crippen LogP contribution in [0.1, 0.15) is 134 Å². The van der Waals surface area contributed by atoms with E-state index in [1.165, 1.54) is 68.5 Å². The molecule has 5 nitrogen and oxygen atoms in total. The first-order chi connectivity index (χ1) is 32.1. The highest BCUT2D eigenvalue weighted by Gasteiger charge is 2.29. The van der Waals surface area contributed by atoms with Crippen molar-refractivity contribution in [2.75, 3.05) is 39.3 Å². The molecular weight excluding hydrogens is 803 g/mol. The summed E-state index contributed by atoms with van der Waals surface area (Å²) in [5.74, 6) is 8.23. The van der Waals surface area contributed by atoms with Crippen LogP contribution in [0.15, 0.2) is 121 Å². The quantitative estimate of drug-likeness (QED) is 0.177. The smallest absolute Gasteiger partial charge is 0.0606 e. The van der Waals surface area contributed by atoms with E-state index in [0.29, 0.717) is 42.3 Å². The number of hydrogen-bond donors (Lipinski definition) is 2. The SMILES string of the molecule is C#CCN1CCc2ccccc2[C@H]1C.C#CCN1[C@@H](C)Cc2ccccc2[C@@H]1C.C#CCN1[C@H](C)Cc2ccccc2[C@H]1C.CC1NCCc2ccccc21.C[C@@H]1NCCc2ccccc21. The Morgan fingerprint density at radius 2 is 0.758 bits per heavy atom. The fourth-order valence-corrected chi connectivity index (χ4v) is 10.6. The van der Waals surface area contributed by atoms with Crippen LogP contribution in [0.25, 0.3) is 0 Å². The minimum absolute atomic E-state index is 0.445. The van der Waals surface area contributed by atoms with Crippen LogP contribution in [0.2, 0.25) is 0 Å². The summed E-state index contributed by atoms with van der Waals surface area (Å²) < 4.78 is 0. The van der Waals surface area contributed by atoms with E-state index in [4.69, 9.17) is 19.3 Å². The molecule has 1 unspecified atom stereocenters. The summed E-state index contributed by atoms with van der Waals surface area (Å²) in [6.07, 6.45) is 21.9. The van der Waals surface area contributed by atoms with Crippen LogP contribution in [0.4, 0.5) is 0 Å². The first-order valence-electron chi connectivity index (χ1n) is 24.5. The van der Waals surface area contributed by atoms with Crippen LogP contribution in [0.3, 0.4) is 0 Å². The second kappa shape index (κ2) is 24.9. The van der Waals surface area contributed by atoms with Gasteiger partial charge < -0.3 is 10.6 Å². The molecule has 344 valence electrons. The van der Waals surface area contributed by atoms with Gasteiger partial charge in [0.05, 0.1) is 19.6 Å². The van der Waals surface area contributed by atoms with E-state index in [1.807, 2.05) is 0 Å². The second-order valence-electron chi connectivity index (χ2n) is 18.7. The highest BCUT2D eigenvalue weighted by Crippen LogP contribution is 2.34.